The normalized spacial score (nSPS) is 12.2. The lowest BCUT2D eigenvalue weighted by atomic mass is 10.2. The summed E-state index contributed by atoms with van der Waals surface area (Å²) in [5.41, 5.74) is 0. The number of carbonyl (C=O) groups excluding carboxylic acids is 1. The lowest BCUT2D eigenvalue weighted by molar-refractivity contribution is -0.139. The van der Waals surface area contributed by atoms with E-state index in [0.717, 1.165) is 26.1 Å². The standard InChI is InChI=1S/C12H25N3O3/c1-4-10(11(16)17)14-12(18)13-8-7-9-15(5-2)6-3/h10H,4-9H2,1-3H3,(H,16,17)(H2,13,14,18). The first kappa shape index (κ1) is 16.7. The van der Waals surface area contributed by atoms with Crippen molar-refractivity contribution in [2.45, 2.75) is 39.7 Å². The van der Waals surface area contributed by atoms with Gasteiger partial charge in [-0.3, -0.25) is 0 Å². The van der Waals surface area contributed by atoms with Gasteiger partial charge in [0.05, 0.1) is 0 Å². The molecule has 18 heavy (non-hydrogen) atoms. The number of amides is 2. The van der Waals surface area contributed by atoms with Gasteiger partial charge in [0.1, 0.15) is 6.04 Å². The third kappa shape index (κ3) is 7.11. The van der Waals surface area contributed by atoms with Gasteiger partial charge in [0.25, 0.3) is 0 Å². The molecule has 0 saturated carbocycles. The Bertz CT molecular complexity index is 255. The summed E-state index contributed by atoms with van der Waals surface area (Å²) in [6, 6.07) is -1.23. The molecule has 1 atom stereocenters. The number of carbonyl (C=O) groups is 2. The van der Waals surface area contributed by atoms with E-state index in [1.807, 2.05) is 0 Å². The van der Waals surface area contributed by atoms with Crippen molar-refractivity contribution in [2.24, 2.45) is 0 Å². The Labute approximate surface area is 109 Å². The van der Waals surface area contributed by atoms with Gasteiger partial charge < -0.3 is 20.6 Å². The van der Waals surface area contributed by atoms with Crippen LogP contribution < -0.4 is 10.6 Å². The lowest BCUT2D eigenvalue weighted by Gasteiger charge is -2.18. The van der Waals surface area contributed by atoms with Crippen molar-refractivity contribution in [3.05, 3.63) is 0 Å². The molecule has 2 amide bonds. The molecule has 0 saturated heterocycles. The van der Waals surface area contributed by atoms with Crippen molar-refractivity contribution >= 4 is 12.0 Å². The van der Waals surface area contributed by atoms with Gasteiger partial charge in [-0.2, -0.15) is 0 Å². The van der Waals surface area contributed by atoms with Crippen LogP contribution in [0.25, 0.3) is 0 Å². The third-order valence-electron chi connectivity index (χ3n) is 2.84. The Morgan fingerprint density at radius 1 is 1.22 bits per heavy atom. The number of urea groups is 1. The van der Waals surface area contributed by atoms with Crippen LogP contribution in [-0.2, 0) is 4.79 Å². The molecule has 0 aliphatic carbocycles. The summed E-state index contributed by atoms with van der Waals surface area (Å²) in [7, 11) is 0. The third-order valence-corrected chi connectivity index (χ3v) is 2.84. The zero-order valence-electron chi connectivity index (χ0n) is 11.5. The Balaban J connectivity index is 3.74. The van der Waals surface area contributed by atoms with Gasteiger partial charge in [-0.05, 0) is 32.5 Å². The van der Waals surface area contributed by atoms with Crippen molar-refractivity contribution in [1.82, 2.24) is 15.5 Å². The summed E-state index contributed by atoms with van der Waals surface area (Å²) in [5, 5.41) is 13.9. The molecule has 106 valence electrons. The van der Waals surface area contributed by atoms with E-state index in [-0.39, 0.29) is 0 Å². The van der Waals surface area contributed by atoms with Gasteiger partial charge in [-0.25, -0.2) is 9.59 Å². The van der Waals surface area contributed by atoms with Gasteiger partial charge >= 0.3 is 12.0 Å². The molecule has 0 aromatic carbocycles. The van der Waals surface area contributed by atoms with Crippen LogP contribution in [0.15, 0.2) is 0 Å². The smallest absolute Gasteiger partial charge is 0.326 e. The molecule has 0 heterocycles. The molecule has 0 aromatic heterocycles. The van der Waals surface area contributed by atoms with Crippen LogP contribution in [-0.4, -0.2) is 54.2 Å². The molecule has 1 unspecified atom stereocenters. The van der Waals surface area contributed by atoms with Crippen LogP contribution in [0.1, 0.15) is 33.6 Å². The zero-order valence-corrected chi connectivity index (χ0v) is 11.5. The number of carboxylic acid groups (broad SMARTS) is 1. The van der Waals surface area contributed by atoms with Crippen molar-refractivity contribution in [1.29, 1.82) is 0 Å². The van der Waals surface area contributed by atoms with E-state index in [1.165, 1.54) is 0 Å². The fourth-order valence-electron chi connectivity index (χ4n) is 1.59. The van der Waals surface area contributed by atoms with Gasteiger partial charge in [-0.15, -0.1) is 0 Å². The average molecular weight is 259 g/mol. The number of nitrogens with zero attached hydrogens (tertiary/aromatic N) is 1. The minimum absolute atomic E-state index is 0.377. The Morgan fingerprint density at radius 2 is 1.83 bits per heavy atom. The van der Waals surface area contributed by atoms with Gasteiger partial charge in [0.2, 0.25) is 0 Å². The van der Waals surface area contributed by atoms with E-state index < -0.39 is 18.0 Å². The summed E-state index contributed by atoms with van der Waals surface area (Å²) >= 11 is 0. The van der Waals surface area contributed by atoms with Crippen molar-refractivity contribution in [3.63, 3.8) is 0 Å². The molecule has 6 nitrogen and oxygen atoms in total. The van der Waals surface area contributed by atoms with Gasteiger partial charge in [-0.1, -0.05) is 20.8 Å². The highest BCUT2D eigenvalue weighted by molar-refractivity contribution is 5.82. The summed E-state index contributed by atoms with van der Waals surface area (Å²) in [4.78, 5) is 24.4. The maximum Gasteiger partial charge on any atom is 0.326 e. The predicted molar refractivity (Wildman–Crippen MR) is 70.7 cm³/mol. The molecule has 0 aliphatic rings. The van der Waals surface area contributed by atoms with Crippen LogP contribution in [0.5, 0.6) is 0 Å². The topological polar surface area (TPSA) is 81.7 Å². The highest BCUT2D eigenvalue weighted by Gasteiger charge is 2.16. The first-order valence-corrected chi connectivity index (χ1v) is 6.54. The van der Waals surface area contributed by atoms with Gasteiger partial charge in [0.15, 0.2) is 0 Å². The summed E-state index contributed by atoms with van der Waals surface area (Å²) in [6.45, 7) is 9.41. The molecule has 3 N–H and O–H groups in total. The Hall–Kier alpha value is -1.30. The maximum absolute atomic E-state index is 11.4. The van der Waals surface area contributed by atoms with E-state index in [2.05, 4.69) is 29.4 Å². The zero-order chi connectivity index (χ0) is 14.0. The SMILES string of the molecule is CCC(NC(=O)NCCCN(CC)CC)C(=O)O. The number of aliphatic carboxylic acids is 1. The van der Waals surface area contributed by atoms with Crippen molar-refractivity contribution in [3.8, 4) is 0 Å². The molecule has 0 aliphatic heterocycles. The summed E-state index contributed by atoms with van der Waals surface area (Å²) < 4.78 is 0. The number of nitrogens with one attached hydrogen (secondary N) is 2. The molecule has 0 aromatic rings. The van der Waals surface area contributed by atoms with Crippen molar-refractivity contribution in [2.75, 3.05) is 26.2 Å². The quantitative estimate of drug-likeness (QED) is 0.537. The fraction of sp³-hybridized carbons (Fsp3) is 0.833. The minimum atomic E-state index is -1.00. The minimum Gasteiger partial charge on any atom is -0.480 e. The second-order valence-electron chi connectivity index (χ2n) is 4.08. The van der Waals surface area contributed by atoms with Crippen molar-refractivity contribution < 1.29 is 14.7 Å². The van der Waals surface area contributed by atoms with Crippen LogP contribution in [0, 0.1) is 0 Å². The predicted octanol–water partition coefficient (Wildman–Crippen LogP) is 0.881. The molecule has 0 rings (SSSR count). The fourth-order valence-corrected chi connectivity index (χ4v) is 1.59. The van der Waals surface area contributed by atoms with E-state index in [0.29, 0.717) is 13.0 Å². The van der Waals surface area contributed by atoms with Crippen LogP contribution >= 0.6 is 0 Å². The average Bonchev–Trinajstić information content (AvgIpc) is 2.35. The maximum atomic E-state index is 11.4. The highest BCUT2D eigenvalue weighted by Crippen LogP contribution is 1.91. The molecular formula is C12H25N3O3. The van der Waals surface area contributed by atoms with Crippen LogP contribution in [0.2, 0.25) is 0 Å². The highest BCUT2D eigenvalue weighted by atomic mass is 16.4. The Kier molecular flexibility index (Phi) is 9.00. The lowest BCUT2D eigenvalue weighted by Crippen LogP contribution is -2.46. The van der Waals surface area contributed by atoms with Crippen LogP contribution in [0.3, 0.4) is 0 Å². The largest absolute Gasteiger partial charge is 0.480 e. The monoisotopic (exact) mass is 259 g/mol. The number of hydrogen-bond donors (Lipinski definition) is 3. The molecule has 0 radical (unpaired) electrons. The second-order valence-corrected chi connectivity index (χ2v) is 4.08. The first-order chi connectivity index (χ1) is 8.54. The van der Waals surface area contributed by atoms with Crippen LogP contribution in [0.4, 0.5) is 4.79 Å². The van der Waals surface area contributed by atoms with E-state index in [1.54, 1.807) is 6.92 Å². The first-order valence-electron chi connectivity index (χ1n) is 6.54. The van der Waals surface area contributed by atoms with Gasteiger partial charge in [0, 0.05) is 6.54 Å². The van der Waals surface area contributed by atoms with E-state index >= 15 is 0 Å². The molecule has 6 heteroatoms. The number of carboxylic acids is 1. The summed E-state index contributed by atoms with van der Waals surface area (Å²) in [5.74, 6) is -1.00. The summed E-state index contributed by atoms with van der Waals surface area (Å²) in [6.07, 6.45) is 1.24. The number of rotatable bonds is 9. The van der Waals surface area contributed by atoms with E-state index in [4.69, 9.17) is 5.11 Å². The Morgan fingerprint density at radius 3 is 2.28 bits per heavy atom. The molecule has 0 bridgehead atoms. The number of hydrogen-bond acceptors (Lipinski definition) is 3. The molecule has 0 fully saturated rings. The molecule has 0 spiro atoms. The van der Waals surface area contributed by atoms with E-state index in [9.17, 15) is 9.59 Å². The second kappa shape index (κ2) is 9.70. The molecular weight excluding hydrogens is 234 g/mol.